The van der Waals surface area contributed by atoms with Crippen LogP contribution in [0, 0.1) is 13.8 Å². The second-order valence-corrected chi connectivity index (χ2v) is 5.88. The predicted molar refractivity (Wildman–Crippen MR) is 73.0 cm³/mol. The van der Waals surface area contributed by atoms with Crippen LogP contribution in [0.4, 0.5) is 0 Å². The first-order chi connectivity index (χ1) is 8.09. The van der Waals surface area contributed by atoms with E-state index < -0.39 is 0 Å². The van der Waals surface area contributed by atoms with Gasteiger partial charge in [-0.15, -0.1) is 0 Å². The molecule has 94 valence electrons. The van der Waals surface area contributed by atoms with Crippen LogP contribution in [0.2, 0.25) is 0 Å². The molecule has 17 heavy (non-hydrogen) atoms. The molecule has 2 rings (SSSR count). The number of carbonyl (C=O) groups is 1. The average Bonchev–Trinajstić information content (AvgIpc) is 2.58. The fourth-order valence-corrected chi connectivity index (χ4v) is 3.16. The SMILES string of the molecule is Cc1cc(C(=O)CN2CCSCC2)c(C)n1C. The Morgan fingerprint density at radius 2 is 2.00 bits per heavy atom. The standard InChI is InChI=1S/C13H20N2OS/c1-10-8-12(11(2)14(10)3)13(16)9-15-4-6-17-7-5-15/h8H,4-7,9H2,1-3H3. The summed E-state index contributed by atoms with van der Waals surface area (Å²) in [5.74, 6) is 2.57. The van der Waals surface area contributed by atoms with Gasteiger partial charge in [0.15, 0.2) is 5.78 Å². The number of aromatic nitrogens is 1. The highest BCUT2D eigenvalue weighted by Gasteiger charge is 2.18. The Bertz CT molecular complexity index is 419. The molecule has 3 nitrogen and oxygen atoms in total. The van der Waals surface area contributed by atoms with Gasteiger partial charge in [0.2, 0.25) is 0 Å². The lowest BCUT2D eigenvalue weighted by molar-refractivity contribution is 0.0936. The van der Waals surface area contributed by atoms with Crippen LogP contribution in [0.5, 0.6) is 0 Å². The molecule has 0 aromatic carbocycles. The van der Waals surface area contributed by atoms with Crippen LogP contribution in [0.1, 0.15) is 21.7 Å². The zero-order valence-corrected chi connectivity index (χ0v) is 11.6. The van der Waals surface area contributed by atoms with Crippen LogP contribution in [-0.2, 0) is 7.05 Å². The first-order valence-corrected chi connectivity index (χ1v) is 7.21. The molecular formula is C13H20N2OS. The van der Waals surface area contributed by atoms with E-state index in [1.54, 1.807) is 0 Å². The maximum atomic E-state index is 12.2. The largest absolute Gasteiger partial charge is 0.351 e. The number of ketones is 1. The number of aryl methyl sites for hydroxylation is 1. The predicted octanol–water partition coefficient (Wildman–Crippen LogP) is 1.87. The molecule has 0 unspecified atom stereocenters. The fourth-order valence-electron chi connectivity index (χ4n) is 2.19. The van der Waals surface area contributed by atoms with Crippen LogP contribution >= 0.6 is 11.8 Å². The molecule has 2 heterocycles. The van der Waals surface area contributed by atoms with E-state index >= 15 is 0 Å². The van der Waals surface area contributed by atoms with Gasteiger partial charge in [0.1, 0.15) is 0 Å². The molecule has 0 atom stereocenters. The van der Waals surface area contributed by atoms with Crippen LogP contribution in [0.25, 0.3) is 0 Å². The average molecular weight is 252 g/mol. The summed E-state index contributed by atoms with van der Waals surface area (Å²) in [6, 6.07) is 2.01. The smallest absolute Gasteiger partial charge is 0.178 e. The number of nitrogens with zero attached hydrogens (tertiary/aromatic N) is 2. The summed E-state index contributed by atoms with van der Waals surface area (Å²) in [6.07, 6.45) is 0. The van der Waals surface area contributed by atoms with Gasteiger partial charge >= 0.3 is 0 Å². The molecule has 0 spiro atoms. The molecule has 0 N–H and O–H groups in total. The van der Waals surface area contributed by atoms with Crippen molar-refractivity contribution < 1.29 is 4.79 Å². The van der Waals surface area contributed by atoms with Gasteiger partial charge in [0, 0.05) is 48.6 Å². The molecule has 1 fully saturated rings. The molecule has 0 aliphatic carbocycles. The highest BCUT2D eigenvalue weighted by Crippen LogP contribution is 2.15. The maximum absolute atomic E-state index is 12.2. The van der Waals surface area contributed by atoms with Gasteiger partial charge in [-0.25, -0.2) is 0 Å². The second-order valence-electron chi connectivity index (χ2n) is 4.66. The van der Waals surface area contributed by atoms with Crippen LogP contribution in [-0.4, -0.2) is 46.4 Å². The number of thioether (sulfide) groups is 1. The first kappa shape index (κ1) is 12.7. The molecule has 1 saturated heterocycles. The molecule has 0 bridgehead atoms. The minimum atomic E-state index is 0.262. The maximum Gasteiger partial charge on any atom is 0.178 e. The van der Waals surface area contributed by atoms with Crippen molar-refractivity contribution in [3.8, 4) is 0 Å². The van der Waals surface area contributed by atoms with E-state index in [2.05, 4.69) is 9.47 Å². The van der Waals surface area contributed by atoms with Crippen molar-refractivity contribution in [2.24, 2.45) is 7.05 Å². The Labute approximate surface area is 107 Å². The Morgan fingerprint density at radius 3 is 2.53 bits per heavy atom. The summed E-state index contributed by atoms with van der Waals surface area (Å²) in [4.78, 5) is 14.5. The molecule has 0 saturated carbocycles. The van der Waals surface area contributed by atoms with Crippen molar-refractivity contribution in [1.29, 1.82) is 0 Å². The lowest BCUT2D eigenvalue weighted by atomic mass is 10.1. The van der Waals surface area contributed by atoms with E-state index in [1.807, 2.05) is 38.7 Å². The third-order valence-corrected chi connectivity index (χ3v) is 4.49. The van der Waals surface area contributed by atoms with Gasteiger partial charge < -0.3 is 4.57 Å². The third-order valence-electron chi connectivity index (χ3n) is 3.55. The monoisotopic (exact) mass is 252 g/mol. The first-order valence-electron chi connectivity index (χ1n) is 6.06. The number of hydrogen-bond acceptors (Lipinski definition) is 3. The molecule has 1 aliphatic heterocycles. The lowest BCUT2D eigenvalue weighted by Crippen LogP contribution is -2.36. The molecule has 1 aliphatic rings. The van der Waals surface area contributed by atoms with Gasteiger partial charge in [0.05, 0.1) is 6.54 Å². The van der Waals surface area contributed by atoms with Gasteiger partial charge in [-0.2, -0.15) is 11.8 Å². The molecule has 4 heteroatoms. The van der Waals surface area contributed by atoms with Crippen molar-refractivity contribution >= 4 is 17.5 Å². The number of hydrogen-bond donors (Lipinski definition) is 0. The number of rotatable bonds is 3. The lowest BCUT2D eigenvalue weighted by Gasteiger charge is -2.25. The van der Waals surface area contributed by atoms with E-state index in [0.29, 0.717) is 6.54 Å². The van der Waals surface area contributed by atoms with Crippen molar-refractivity contribution in [3.05, 3.63) is 23.0 Å². The summed E-state index contributed by atoms with van der Waals surface area (Å²) in [6.45, 7) is 6.72. The quantitative estimate of drug-likeness (QED) is 0.768. The van der Waals surface area contributed by atoms with Gasteiger partial charge in [-0.1, -0.05) is 0 Å². The van der Waals surface area contributed by atoms with Crippen molar-refractivity contribution in [1.82, 2.24) is 9.47 Å². The Balaban J connectivity index is 2.06. The normalized spacial score (nSPS) is 17.4. The zero-order chi connectivity index (χ0) is 12.4. The van der Waals surface area contributed by atoms with Crippen LogP contribution < -0.4 is 0 Å². The van der Waals surface area contributed by atoms with Gasteiger partial charge in [0.25, 0.3) is 0 Å². The summed E-state index contributed by atoms with van der Waals surface area (Å²) in [5.41, 5.74) is 3.13. The molecule has 1 aromatic rings. The molecule has 0 amide bonds. The van der Waals surface area contributed by atoms with Crippen molar-refractivity contribution in [3.63, 3.8) is 0 Å². The number of Topliss-reactive ketones (excluding diaryl/α,β-unsaturated/α-hetero) is 1. The van der Waals surface area contributed by atoms with Gasteiger partial charge in [-0.3, -0.25) is 9.69 Å². The third kappa shape index (κ3) is 2.75. The summed E-state index contributed by atoms with van der Waals surface area (Å²) >= 11 is 1.97. The Kier molecular flexibility index (Phi) is 3.94. The van der Waals surface area contributed by atoms with E-state index in [0.717, 1.165) is 41.5 Å². The summed E-state index contributed by atoms with van der Waals surface area (Å²) in [7, 11) is 2.01. The minimum Gasteiger partial charge on any atom is -0.351 e. The Hall–Kier alpha value is -0.740. The summed E-state index contributed by atoms with van der Waals surface area (Å²) in [5, 5.41) is 0. The molecule has 0 radical (unpaired) electrons. The minimum absolute atomic E-state index is 0.262. The topological polar surface area (TPSA) is 25.2 Å². The molecule has 1 aromatic heterocycles. The fraction of sp³-hybridized carbons (Fsp3) is 0.615. The second kappa shape index (κ2) is 5.27. The van der Waals surface area contributed by atoms with E-state index in [1.165, 1.54) is 0 Å². The van der Waals surface area contributed by atoms with Crippen LogP contribution in [0.15, 0.2) is 6.07 Å². The van der Waals surface area contributed by atoms with E-state index in [-0.39, 0.29) is 5.78 Å². The van der Waals surface area contributed by atoms with E-state index in [9.17, 15) is 4.79 Å². The molecular weight excluding hydrogens is 232 g/mol. The summed E-state index contributed by atoms with van der Waals surface area (Å²) < 4.78 is 2.08. The van der Waals surface area contributed by atoms with Crippen LogP contribution in [0.3, 0.4) is 0 Å². The highest BCUT2D eigenvalue weighted by molar-refractivity contribution is 7.99. The van der Waals surface area contributed by atoms with Crippen molar-refractivity contribution in [2.45, 2.75) is 13.8 Å². The zero-order valence-electron chi connectivity index (χ0n) is 10.8. The number of carbonyl (C=O) groups excluding carboxylic acids is 1. The Morgan fingerprint density at radius 1 is 1.35 bits per heavy atom. The van der Waals surface area contributed by atoms with Gasteiger partial charge in [-0.05, 0) is 19.9 Å². The highest BCUT2D eigenvalue weighted by atomic mass is 32.2. The van der Waals surface area contributed by atoms with E-state index in [4.69, 9.17) is 0 Å². The van der Waals surface area contributed by atoms with Crippen molar-refractivity contribution in [2.75, 3.05) is 31.1 Å².